The number of rotatable bonds is 10. The van der Waals surface area contributed by atoms with E-state index in [0.29, 0.717) is 6.61 Å². The smallest absolute Gasteiger partial charge is 0.410 e. The molecule has 0 N–H and O–H groups in total. The Morgan fingerprint density at radius 2 is 1.67 bits per heavy atom. The lowest BCUT2D eigenvalue weighted by Gasteiger charge is -2.22. The van der Waals surface area contributed by atoms with Crippen molar-refractivity contribution < 1.29 is 28.6 Å². The maximum Gasteiger partial charge on any atom is 0.410 e. The van der Waals surface area contributed by atoms with E-state index in [1.54, 1.807) is 21.0 Å². The Morgan fingerprint density at radius 3 is 2.30 bits per heavy atom. The molecule has 0 aromatic carbocycles. The third kappa shape index (κ3) is 8.05. The summed E-state index contributed by atoms with van der Waals surface area (Å²) in [5.74, 6) is -0.502. The quantitative estimate of drug-likeness (QED) is 0.326. The Morgan fingerprint density at radius 1 is 1.00 bits per heavy atom. The van der Waals surface area contributed by atoms with Gasteiger partial charge in [-0.3, -0.25) is 4.90 Å². The molecule has 0 unspecified atom stereocenters. The summed E-state index contributed by atoms with van der Waals surface area (Å²) < 4.78 is 15.7. The number of nitrogens with zero attached hydrogens (tertiary/aromatic N) is 2. The molecule has 1 saturated heterocycles. The van der Waals surface area contributed by atoms with Gasteiger partial charge in [0.15, 0.2) is 0 Å². The molecule has 2 atom stereocenters. The van der Waals surface area contributed by atoms with Crippen LogP contribution in [-0.2, 0) is 19.0 Å². The molecule has 1 heterocycles. The Balaban J connectivity index is 2.52. The van der Waals surface area contributed by atoms with Crippen molar-refractivity contribution in [2.45, 2.75) is 70.9 Å². The van der Waals surface area contributed by atoms with E-state index in [2.05, 4.69) is 6.92 Å². The first-order chi connectivity index (χ1) is 12.9. The van der Waals surface area contributed by atoms with Crippen molar-refractivity contribution in [2.24, 2.45) is 0 Å². The zero-order valence-corrected chi connectivity index (χ0v) is 17.1. The molecule has 156 valence electrons. The zero-order chi connectivity index (χ0) is 20.2. The topological polar surface area (TPSA) is 85.4 Å². The van der Waals surface area contributed by atoms with E-state index in [1.165, 1.54) is 29.1 Å². The molecule has 8 heteroatoms. The highest BCUT2D eigenvalue weighted by molar-refractivity contribution is 5.82. The summed E-state index contributed by atoms with van der Waals surface area (Å²) in [4.78, 5) is 39.0. The van der Waals surface area contributed by atoms with Gasteiger partial charge in [0.25, 0.3) is 0 Å². The predicted molar refractivity (Wildman–Crippen MR) is 100 cm³/mol. The Bertz CT molecular complexity index is 483. The maximum atomic E-state index is 12.4. The average Bonchev–Trinajstić information content (AvgIpc) is 3.05. The predicted octanol–water partition coefficient (Wildman–Crippen LogP) is 3.19. The maximum absolute atomic E-state index is 12.4. The molecule has 0 spiro atoms. The molecule has 1 fully saturated rings. The number of ether oxygens (including phenoxy) is 3. The summed E-state index contributed by atoms with van der Waals surface area (Å²) in [6.45, 7) is 4.54. The molecular weight excluding hydrogens is 352 g/mol. The molecule has 1 aliphatic heterocycles. The van der Waals surface area contributed by atoms with Gasteiger partial charge in [0.05, 0.1) is 19.8 Å². The standard InChI is InChI=1S/C19H34N2O6/c1-5-7-8-9-10-11-12-26-19(24)21-14-15(27-18(23)20(3)4)13-16(21)17(22)25-6-2/h15-16H,5-14H2,1-4H3/t15-,16+/m1/s1. The minimum Gasteiger partial charge on any atom is -0.464 e. The molecule has 0 aromatic rings. The van der Waals surface area contributed by atoms with Gasteiger partial charge in [0.1, 0.15) is 12.1 Å². The number of carbonyl (C=O) groups excluding carboxylic acids is 3. The van der Waals surface area contributed by atoms with Crippen molar-refractivity contribution in [2.75, 3.05) is 33.9 Å². The fourth-order valence-electron chi connectivity index (χ4n) is 2.92. The highest BCUT2D eigenvalue weighted by Crippen LogP contribution is 2.23. The summed E-state index contributed by atoms with van der Waals surface area (Å²) in [6.07, 6.45) is 5.13. The van der Waals surface area contributed by atoms with Crippen LogP contribution < -0.4 is 0 Å². The van der Waals surface area contributed by atoms with Crippen molar-refractivity contribution in [3.63, 3.8) is 0 Å². The molecule has 0 bridgehead atoms. The summed E-state index contributed by atoms with van der Waals surface area (Å²) in [6, 6.07) is -0.790. The molecule has 0 aromatic heterocycles. The van der Waals surface area contributed by atoms with Gasteiger partial charge in [-0.15, -0.1) is 0 Å². The first-order valence-corrected chi connectivity index (χ1v) is 9.88. The third-order valence-electron chi connectivity index (χ3n) is 4.41. The molecule has 8 nitrogen and oxygen atoms in total. The van der Waals surface area contributed by atoms with Gasteiger partial charge in [-0.1, -0.05) is 39.0 Å². The van der Waals surface area contributed by atoms with Crippen LogP contribution in [0.2, 0.25) is 0 Å². The van der Waals surface area contributed by atoms with Gasteiger partial charge in [-0.05, 0) is 13.3 Å². The highest BCUT2D eigenvalue weighted by atomic mass is 16.6. The number of likely N-dealkylation sites (tertiary alicyclic amines) is 1. The SMILES string of the molecule is CCCCCCCCOC(=O)N1C[C@H](OC(=O)N(C)C)C[C@H]1C(=O)OCC. The highest BCUT2D eigenvalue weighted by Gasteiger charge is 2.43. The van der Waals surface area contributed by atoms with Crippen molar-refractivity contribution in [3.05, 3.63) is 0 Å². The monoisotopic (exact) mass is 386 g/mol. The van der Waals surface area contributed by atoms with E-state index >= 15 is 0 Å². The molecule has 2 amide bonds. The minimum atomic E-state index is -0.790. The number of carbonyl (C=O) groups is 3. The second-order valence-corrected chi connectivity index (χ2v) is 6.94. The van der Waals surface area contributed by atoms with Crippen LogP contribution in [0.15, 0.2) is 0 Å². The van der Waals surface area contributed by atoms with Crippen LogP contribution in [0, 0.1) is 0 Å². The molecule has 27 heavy (non-hydrogen) atoms. The third-order valence-corrected chi connectivity index (χ3v) is 4.41. The van der Waals surface area contributed by atoms with Crippen LogP contribution in [0.3, 0.4) is 0 Å². The average molecular weight is 386 g/mol. The molecule has 0 radical (unpaired) electrons. The molecular formula is C19H34N2O6. The lowest BCUT2D eigenvalue weighted by atomic mass is 10.1. The van der Waals surface area contributed by atoms with Crippen molar-refractivity contribution in [1.82, 2.24) is 9.80 Å². The first-order valence-electron chi connectivity index (χ1n) is 9.88. The summed E-state index contributed by atoms with van der Waals surface area (Å²) in [5.41, 5.74) is 0. The number of hydrogen-bond donors (Lipinski definition) is 0. The van der Waals surface area contributed by atoms with E-state index in [1.807, 2.05) is 0 Å². The van der Waals surface area contributed by atoms with Gasteiger partial charge in [0.2, 0.25) is 0 Å². The number of hydrogen-bond acceptors (Lipinski definition) is 6. The molecule has 1 rings (SSSR count). The van der Waals surface area contributed by atoms with Crippen molar-refractivity contribution in [1.29, 1.82) is 0 Å². The number of esters is 1. The Labute approximate surface area is 162 Å². The molecule has 0 saturated carbocycles. The zero-order valence-electron chi connectivity index (χ0n) is 17.1. The Kier molecular flexibility index (Phi) is 10.6. The van der Waals surface area contributed by atoms with E-state index in [0.717, 1.165) is 19.3 Å². The second kappa shape index (κ2) is 12.4. The van der Waals surface area contributed by atoms with Crippen LogP contribution in [0.25, 0.3) is 0 Å². The van der Waals surface area contributed by atoms with Gasteiger partial charge in [-0.2, -0.15) is 0 Å². The fourth-order valence-corrected chi connectivity index (χ4v) is 2.92. The van der Waals surface area contributed by atoms with Crippen LogP contribution in [0.5, 0.6) is 0 Å². The van der Waals surface area contributed by atoms with Gasteiger partial charge in [-0.25, -0.2) is 14.4 Å². The van der Waals surface area contributed by atoms with Gasteiger partial charge < -0.3 is 19.1 Å². The largest absolute Gasteiger partial charge is 0.464 e. The fraction of sp³-hybridized carbons (Fsp3) is 0.842. The van der Waals surface area contributed by atoms with Crippen LogP contribution in [-0.4, -0.2) is 74.0 Å². The summed E-state index contributed by atoms with van der Waals surface area (Å²) in [7, 11) is 3.15. The number of unbranched alkanes of at least 4 members (excludes halogenated alkanes) is 5. The van der Waals surface area contributed by atoms with Crippen LogP contribution >= 0.6 is 0 Å². The van der Waals surface area contributed by atoms with E-state index in [-0.39, 0.29) is 19.6 Å². The van der Waals surface area contributed by atoms with E-state index in [9.17, 15) is 14.4 Å². The van der Waals surface area contributed by atoms with Crippen LogP contribution in [0.1, 0.15) is 58.8 Å². The summed E-state index contributed by atoms with van der Waals surface area (Å²) in [5, 5.41) is 0. The normalized spacial score (nSPS) is 18.9. The van der Waals surface area contributed by atoms with Gasteiger partial charge >= 0.3 is 18.2 Å². The Hall–Kier alpha value is -1.99. The summed E-state index contributed by atoms with van der Waals surface area (Å²) >= 11 is 0. The van der Waals surface area contributed by atoms with Gasteiger partial charge in [0, 0.05) is 20.5 Å². The van der Waals surface area contributed by atoms with Crippen molar-refractivity contribution in [3.8, 4) is 0 Å². The van der Waals surface area contributed by atoms with E-state index in [4.69, 9.17) is 14.2 Å². The van der Waals surface area contributed by atoms with Crippen LogP contribution in [0.4, 0.5) is 9.59 Å². The van der Waals surface area contributed by atoms with E-state index < -0.39 is 30.3 Å². The minimum absolute atomic E-state index is 0.123. The van der Waals surface area contributed by atoms with Crippen molar-refractivity contribution >= 4 is 18.2 Å². The molecule has 1 aliphatic rings. The first kappa shape index (κ1) is 23.0. The lowest BCUT2D eigenvalue weighted by molar-refractivity contribution is -0.148. The molecule has 0 aliphatic carbocycles. The second-order valence-electron chi connectivity index (χ2n) is 6.94. The lowest BCUT2D eigenvalue weighted by Crippen LogP contribution is -2.42. The number of amides is 2.